The van der Waals surface area contributed by atoms with E-state index >= 15 is 0 Å². The first-order chi connectivity index (χ1) is 5.76. The molecular weight excluding hydrogens is 160 g/mol. The van der Waals surface area contributed by atoms with Crippen LogP contribution >= 0.6 is 0 Å². The molecular formula is C8H16O4. The van der Waals surface area contributed by atoms with Gasteiger partial charge in [0.15, 0.2) is 0 Å². The Hall–Kier alpha value is -0.420. The monoisotopic (exact) mass is 176 g/mol. The van der Waals surface area contributed by atoms with Crippen molar-refractivity contribution in [2.75, 3.05) is 20.5 Å². The van der Waals surface area contributed by atoms with Crippen LogP contribution in [0.1, 0.15) is 6.42 Å². The Bertz CT molecular complexity index is 116. The van der Waals surface area contributed by atoms with E-state index in [1.807, 2.05) is 0 Å². The van der Waals surface area contributed by atoms with Gasteiger partial charge in [-0.25, -0.2) is 0 Å². The molecule has 0 radical (unpaired) electrons. The van der Waals surface area contributed by atoms with E-state index in [9.17, 15) is 5.11 Å². The molecule has 12 heavy (non-hydrogen) atoms. The molecule has 0 aromatic rings. The number of hydrogen-bond donors (Lipinski definition) is 2. The number of aliphatic hydroxyl groups excluding tert-OH is 2. The number of ether oxygens (including phenoxy) is 2. The number of hydrogen-bond acceptors (Lipinski definition) is 4. The fraction of sp³-hybridized carbons (Fsp3) is 0.750. The zero-order valence-corrected chi connectivity index (χ0v) is 7.27. The summed E-state index contributed by atoms with van der Waals surface area (Å²) in [5.41, 5.74) is 0. The van der Waals surface area contributed by atoms with E-state index in [0.717, 1.165) is 0 Å². The van der Waals surface area contributed by atoms with E-state index in [2.05, 4.69) is 11.3 Å². The Morgan fingerprint density at radius 3 is 2.67 bits per heavy atom. The predicted molar refractivity (Wildman–Crippen MR) is 44.7 cm³/mol. The average molecular weight is 176 g/mol. The lowest BCUT2D eigenvalue weighted by atomic mass is 10.1. The summed E-state index contributed by atoms with van der Waals surface area (Å²) in [6.45, 7) is 3.31. The van der Waals surface area contributed by atoms with Crippen molar-refractivity contribution in [2.45, 2.75) is 18.6 Å². The summed E-state index contributed by atoms with van der Waals surface area (Å²) < 4.78 is 9.62. The molecule has 0 rings (SSSR count). The Labute approximate surface area is 72.4 Å². The molecule has 0 heterocycles. The highest BCUT2D eigenvalue weighted by Gasteiger charge is 2.17. The molecule has 0 spiro atoms. The van der Waals surface area contributed by atoms with Crippen molar-refractivity contribution in [1.82, 2.24) is 0 Å². The lowest BCUT2D eigenvalue weighted by molar-refractivity contribution is -0.126. The van der Waals surface area contributed by atoms with E-state index in [-0.39, 0.29) is 13.4 Å². The maximum atomic E-state index is 9.32. The molecule has 72 valence electrons. The topological polar surface area (TPSA) is 58.9 Å². The molecule has 2 N–H and O–H groups in total. The molecule has 0 aliphatic carbocycles. The SMILES string of the molecule is C=CC[C@H](O)[C@H](CO)OCOC. The molecule has 0 amide bonds. The molecule has 0 aliphatic heterocycles. The summed E-state index contributed by atoms with van der Waals surface area (Å²) in [5.74, 6) is 0. The third kappa shape index (κ3) is 4.46. The van der Waals surface area contributed by atoms with Gasteiger partial charge in [0.05, 0.1) is 12.7 Å². The largest absolute Gasteiger partial charge is 0.394 e. The summed E-state index contributed by atoms with van der Waals surface area (Å²) in [5, 5.41) is 18.1. The highest BCUT2D eigenvalue weighted by molar-refractivity contribution is 4.77. The lowest BCUT2D eigenvalue weighted by Gasteiger charge is -2.19. The van der Waals surface area contributed by atoms with Gasteiger partial charge in [0.2, 0.25) is 0 Å². The number of methoxy groups -OCH3 is 1. The molecule has 4 heteroatoms. The third-order valence-electron chi connectivity index (χ3n) is 1.42. The fourth-order valence-electron chi connectivity index (χ4n) is 0.763. The Kier molecular flexibility index (Phi) is 6.99. The van der Waals surface area contributed by atoms with E-state index in [1.54, 1.807) is 6.08 Å². The van der Waals surface area contributed by atoms with Crippen LogP contribution in [0.5, 0.6) is 0 Å². The first kappa shape index (κ1) is 11.6. The van der Waals surface area contributed by atoms with Crippen molar-refractivity contribution < 1.29 is 19.7 Å². The second-order valence-corrected chi connectivity index (χ2v) is 2.39. The van der Waals surface area contributed by atoms with Crippen molar-refractivity contribution in [3.8, 4) is 0 Å². The Morgan fingerprint density at radius 2 is 2.25 bits per heavy atom. The minimum Gasteiger partial charge on any atom is -0.394 e. The second-order valence-electron chi connectivity index (χ2n) is 2.39. The molecule has 0 aromatic heterocycles. The van der Waals surface area contributed by atoms with Crippen LogP contribution in [0.4, 0.5) is 0 Å². The van der Waals surface area contributed by atoms with E-state index in [0.29, 0.717) is 6.42 Å². The van der Waals surface area contributed by atoms with Crippen molar-refractivity contribution in [1.29, 1.82) is 0 Å². The van der Waals surface area contributed by atoms with Gasteiger partial charge in [-0.1, -0.05) is 6.08 Å². The third-order valence-corrected chi connectivity index (χ3v) is 1.42. The van der Waals surface area contributed by atoms with Gasteiger partial charge in [-0.3, -0.25) is 0 Å². The normalized spacial score (nSPS) is 15.6. The van der Waals surface area contributed by atoms with Crippen LogP contribution < -0.4 is 0 Å². The maximum Gasteiger partial charge on any atom is 0.146 e. The van der Waals surface area contributed by atoms with Gasteiger partial charge < -0.3 is 19.7 Å². The summed E-state index contributed by atoms with van der Waals surface area (Å²) in [6, 6.07) is 0. The fourth-order valence-corrected chi connectivity index (χ4v) is 0.763. The lowest BCUT2D eigenvalue weighted by Crippen LogP contribution is -2.32. The van der Waals surface area contributed by atoms with Gasteiger partial charge in [0.25, 0.3) is 0 Å². The van der Waals surface area contributed by atoms with Crippen LogP contribution in [0.2, 0.25) is 0 Å². The first-order valence-corrected chi connectivity index (χ1v) is 3.76. The van der Waals surface area contributed by atoms with Gasteiger partial charge in [-0.15, -0.1) is 6.58 Å². The molecule has 0 aromatic carbocycles. The van der Waals surface area contributed by atoms with Crippen molar-refractivity contribution in [3.63, 3.8) is 0 Å². The van der Waals surface area contributed by atoms with Gasteiger partial charge in [-0.05, 0) is 6.42 Å². The van der Waals surface area contributed by atoms with E-state index < -0.39 is 12.2 Å². The first-order valence-electron chi connectivity index (χ1n) is 3.76. The number of aliphatic hydroxyl groups is 2. The molecule has 2 atom stereocenters. The van der Waals surface area contributed by atoms with Gasteiger partial charge >= 0.3 is 0 Å². The van der Waals surface area contributed by atoms with Crippen LogP contribution in [-0.2, 0) is 9.47 Å². The van der Waals surface area contributed by atoms with Gasteiger partial charge in [0, 0.05) is 7.11 Å². The number of rotatable bonds is 7. The molecule has 0 aliphatic rings. The molecule has 0 saturated heterocycles. The van der Waals surface area contributed by atoms with Crippen LogP contribution in [0.25, 0.3) is 0 Å². The predicted octanol–water partition coefficient (Wildman–Crippen LogP) is -0.0952. The molecule has 0 fully saturated rings. The van der Waals surface area contributed by atoms with Crippen LogP contribution in [0, 0.1) is 0 Å². The Morgan fingerprint density at radius 1 is 1.58 bits per heavy atom. The summed E-state index contributed by atoms with van der Waals surface area (Å²) >= 11 is 0. The average Bonchev–Trinajstić information content (AvgIpc) is 2.06. The van der Waals surface area contributed by atoms with Gasteiger partial charge in [-0.2, -0.15) is 0 Å². The minimum atomic E-state index is -0.720. The zero-order valence-electron chi connectivity index (χ0n) is 7.27. The summed E-state index contributed by atoms with van der Waals surface area (Å²) in [6.07, 6.45) is 0.656. The summed E-state index contributed by atoms with van der Waals surface area (Å²) in [7, 11) is 1.48. The quantitative estimate of drug-likeness (QED) is 0.420. The molecule has 0 bridgehead atoms. The van der Waals surface area contributed by atoms with Crippen LogP contribution in [0.3, 0.4) is 0 Å². The second kappa shape index (κ2) is 7.24. The molecule has 0 saturated carbocycles. The van der Waals surface area contributed by atoms with E-state index in [1.165, 1.54) is 7.11 Å². The van der Waals surface area contributed by atoms with E-state index in [4.69, 9.17) is 9.84 Å². The highest BCUT2D eigenvalue weighted by atomic mass is 16.7. The van der Waals surface area contributed by atoms with Crippen LogP contribution in [-0.4, -0.2) is 42.9 Å². The van der Waals surface area contributed by atoms with Crippen molar-refractivity contribution >= 4 is 0 Å². The zero-order chi connectivity index (χ0) is 9.40. The van der Waals surface area contributed by atoms with Gasteiger partial charge in [0.1, 0.15) is 12.9 Å². The maximum absolute atomic E-state index is 9.32. The minimum absolute atomic E-state index is 0.0689. The Balaban J connectivity index is 3.69. The van der Waals surface area contributed by atoms with Crippen LogP contribution in [0.15, 0.2) is 12.7 Å². The van der Waals surface area contributed by atoms with Crippen molar-refractivity contribution in [2.24, 2.45) is 0 Å². The molecule has 4 nitrogen and oxygen atoms in total. The smallest absolute Gasteiger partial charge is 0.146 e. The summed E-state index contributed by atoms with van der Waals surface area (Å²) in [4.78, 5) is 0. The molecule has 0 unspecified atom stereocenters. The standard InChI is InChI=1S/C8H16O4/c1-3-4-7(10)8(5-9)12-6-11-2/h3,7-10H,1,4-6H2,2H3/t7-,8-/m0/s1. The van der Waals surface area contributed by atoms with Crippen molar-refractivity contribution in [3.05, 3.63) is 12.7 Å². The highest BCUT2D eigenvalue weighted by Crippen LogP contribution is 2.03.